The number of benzene rings is 1. The molecule has 2 aromatic heterocycles. The SMILES string of the molecule is CCCCN(CCCC)c1nc(-c2ccccc2)c(/N=C2/C(C)=C(C#N)C(=O)n3nc(N(C)CC)nc32)s1. The van der Waals surface area contributed by atoms with E-state index in [1.807, 2.05) is 49.2 Å². The number of carbonyl (C=O) groups is 1. The van der Waals surface area contributed by atoms with E-state index in [2.05, 4.69) is 34.9 Å². The molecule has 10 heteroatoms. The molecule has 0 amide bonds. The van der Waals surface area contributed by atoms with E-state index in [0.717, 1.165) is 55.2 Å². The normalized spacial score (nSPS) is 14.1. The highest BCUT2D eigenvalue weighted by molar-refractivity contribution is 7.19. The number of allylic oxidation sites excluding steroid dienone is 2. The van der Waals surface area contributed by atoms with E-state index in [4.69, 9.17) is 9.98 Å². The minimum absolute atomic E-state index is 0.0189. The first-order valence-corrected chi connectivity index (χ1v) is 14.0. The summed E-state index contributed by atoms with van der Waals surface area (Å²) in [4.78, 5) is 32.0. The van der Waals surface area contributed by atoms with Gasteiger partial charge >= 0.3 is 0 Å². The van der Waals surface area contributed by atoms with Crippen LogP contribution >= 0.6 is 11.3 Å². The summed E-state index contributed by atoms with van der Waals surface area (Å²) in [5, 5.41) is 15.8. The van der Waals surface area contributed by atoms with Gasteiger partial charge in [-0.3, -0.25) is 4.79 Å². The van der Waals surface area contributed by atoms with Gasteiger partial charge in [-0.1, -0.05) is 68.4 Å². The van der Waals surface area contributed by atoms with Crippen molar-refractivity contribution in [2.24, 2.45) is 4.99 Å². The number of aliphatic imine (C=N–C) groups is 1. The second-order valence-electron chi connectivity index (χ2n) is 9.25. The van der Waals surface area contributed by atoms with Crippen molar-refractivity contribution in [1.29, 1.82) is 5.26 Å². The summed E-state index contributed by atoms with van der Waals surface area (Å²) in [6.45, 7) is 10.6. The summed E-state index contributed by atoms with van der Waals surface area (Å²) in [7, 11) is 1.86. The highest BCUT2D eigenvalue weighted by Gasteiger charge is 2.33. The van der Waals surface area contributed by atoms with Crippen molar-refractivity contribution in [2.75, 3.05) is 36.5 Å². The maximum absolute atomic E-state index is 13.1. The quantitative estimate of drug-likeness (QED) is 0.305. The molecule has 4 rings (SSSR count). The van der Waals surface area contributed by atoms with Crippen molar-refractivity contribution in [3.05, 3.63) is 47.3 Å². The Morgan fingerprint density at radius 1 is 1.08 bits per heavy atom. The molecule has 3 aromatic rings. The Labute approximate surface area is 228 Å². The van der Waals surface area contributed by atoms with E-state index in [1.54, 1.807) is 6.92 Å². The van der Waals surface area contributed by atoms with Gasteiger partial charge in [0.25, 0.3) is 5.91 Å². The summed E-state index contributed by atoms with van der Waals surface area (Å²) >= 11 is 1.53. The van der Waals surface area contributed by atoms with Crippen LogP contribution in [0.1, 0.15) is 64.0 Å². The fraction of sp³-hybridized carbons (Fsp3) is 0.429. The number of aromatic nitrogens is 4. The van der Waals surface area contributed by atoms with E-state index in [0.29, 0.717) is 34.6 Å². The summed E-state index contributed by atoms with van der Waals surface area (Å²) in [5.74, 6) is 0.263. The number of nitriles is 1. The lowest BCUT2D eigenvalue weighted by atomic mass is 10.0. The number of hydrogen-bond acceptors (Lipinski definition) is 9. The molecule has 198 valence electrons. The van der Waals surface area contributed by atoms with E-state index in [9.17, 15) is 10.1 Å². The van der Waals surface area contributed by atoms with Crippen LogP contribution in [0, 0.1) is 11.3 Å². The van der Waals surface area contributed by atoms with Crippen molar-refractivity contribution in [3.63, 3.8) is 0 Å². The van der Waals surface area contributed by atoms with Gasteiger partial charge < -0.3 is 9.80 Å². The molecule has 9 nitrogen and oxygen atoms in total. The van der Waals surface area contributed by atoms with Crippen molar-refractivity contribution in [2.45, 2.75) is 53.4 Å². The minimum Gasteiger partial charge on any atom is -0.348 e. The van der Waals surface area contributed by atoms with Gasteiger partial charge in [-0.25, -0.2) is 9.98 Å². The Morgan fingerprint density at radius 2 is 1.76 bits per heavy atom. The molecule has 0 radical (unpaired) electrons. The molecule has 0 bridgehead atoms. The zero-order chi connectivity index (χ0) is 27.2. The minimum atomic E-state index is -0.485. The van der Waals surface area contributed by atoms with E-state index in [1.165, 1.54) is 16.0 Å². The third-order valence-electron chi connectivity index (χ3n) is 6.56. The molecule has 0 aliphatic carbocycles. The lowest BCUT2D eigenvalue weighted by Gasteiger charge is -2.21. The average molecular weight is 531 g/mol. The van der Waals surface area contributed by atoms with Gasteiger partial charge in [-0.15, -0.1) is 5.10 Å². The van der Waals surface area contributed by atoms with Gasteiger partial charge in [-0.05, 0) is 26.7 Å². The van der Waals surface area contributed by atoms with Crippen LogP contribution in [0.5, 0.6) is 0 Å². The largest absolute Gasteiger partial charge is 0.348 e. The second kappa shape index (κ2) is 12.1. The maximum atomic E-state index is 13.1. The number of rotatable bonds is 11. The Morgan fingerprint density at radius 3 is 2.37 bits per heavy atom. The van der Waals surface area contributed by atoms with Crippen molar-refractivity contribution in [3.8, 4) is 17.3 Å². The molecule has 0 spiro atoms. The summed E-state index contributed by atoms with van der Waals surface area (Å²) < 4.78 is 1.20. The fourth-order valence-corrected chi connectivity index (χ4v) is 5.13. The molecule has 1 aliphatic rings. The van der Waals surface area contributed by atoms with Crippen LogP contribution in [0.4, 0.5) is 16.1 Å². The van der Waals surface area contributed by atoms with Crippen LogP contribution in [-0.4, -0.2) is 58.0 Å². The molecular formula is C28H34N8OS. The van der Waals surface area contributed by atoms with Gasteiger partial charge in [-0.2, -0.15) is 14.9 Å². The lowest BCUT2D eigenvalue weighted by molar-refractivity contribution is 0.0942. The number of carbonyl (C=O) groups excluding carboxylic acids is 1. The fourth-order valence-electron chi connectivity index (χ4n) is 4.12. The molecule has 3 heterocycles. The molecule has 0 atom stereocenters. The van der Waals surface area contributed by atoms with Crippen LogP contribution < -0.4 is 9.80 Å². The first-order valence-electron chi connectivity index (χ1n) is 13.2. The van der Waals surface area contributed by atoms with Crippen LogP contribution in [0.2, 0.25) is 0 Å². The molecule has 0 unspecified atom stereocenters. The number of anilines is 2. The number of fused-ring (bicyclic) bond motifs is 1. The van der Waals surface area contributed by atoms with Gasteiger partial charge in [0.2, 0.25) is 5.95 Å². The number of nitrogens with zero attached hydrogens (tertiary/aromatic N) is 8. The van der Waals surface area contributed by atoms with Crippen molar-refractivity contribution in [1.82, 2.24) is 19.7 Å². The second-order valence-corrected chi connectivity index (χ2v) is 10.2. The number of thiazole rings is 1. The van der Waals surface area contributed by atoms with Crippen LogP contribution in [0.25, 0.3) is 11.3 Å². The molecule has 0 saturated carbocycles. The van der Waals surface area contributed by atoms with Crippen LogP contribution in [0.15, 0.2) is 46.5 Å². The Hall–Kier alpha value is -3.84. The molecule has 0 saturated heterocycles. The predicted octanol–water partition coefficient (Wildman–Crippen LogP) is 5.88. The molecule has 38 heavy (non-hydrogen) atoms. The van der Waals surface area contributed by atoms with Crippen molar-refractivity contribution >= 4 is 39.0 Å². The molecular weight excluding hydrogens is 496 g/mol. The first kappa shape index (κ1) is 27.2. The summed E-state index contributed by atoms with van der Waals surface area (Å²) in [5.41, 5.74) is 2.71. The number of unbranched alkanes of at least 4 members (excludes halogenated alkanes) is 2. The Bertz CT molecular complexity index is 1390. The molecule has 0 fully saturated rings. The third-order valence-corrected chi connectivity index (χ3v) is 7.57. The highest BCUT2D eigenvalue weighted by Crippen LogP contribution is 2.41. The smallest absolute Gasteiger partial charge is 0.291 e. The van der Waals surface area contributed by atoms with Gasteiger partial charge in [0.1, 0.15) is 28.0 Å². The van der Waals surface area contributed by atoms with E-state index < -0.39 is 5.91 Å². The van der Waals surface area contributed by atoms with Crippen LogP contribution in [-0.2, 0) is 0 Å². The first-order chi connectivity index (χ1) is 18.4. The van der Waals surface area contributed by atoms with E-state index >= 15 is 0 Å². The maximum Gasteiger partial charge on any atom is 0.291 e. The van der Waals surface area contributed by atoms with Crippen molar-refractivity contribution < 1.29 is 4.79 Å². The Balaban J connectivity index is 1.90. The molecule has 0 N–H and O–H groups in total. The summed E-state index contributed by atoms with van der Waals surface area (Å²) in [6.07, 6.45) is 4.38. The Kier molecular flexibility index (Phi) is 8.69. The monoisotopic (exact) mass is 530 g/mol. The van der Waals surface area contributed by atoms with E-state index in [-0.39, 0.29) is 5.57 Å². The average Bonchev–Trinajstić information content (AvgIpc) is 3.57. The van der Waals surface area contributed by atoms with Gasteiger partial charge in [0.15, 0.2) is 11.0 Å². The highest BCUT2D eigenvalue weighted by atomic mass is 32.1. The summed E-state index contributed by atoms with van der Waals surface area (Å²) in [6, 6.07) is 12.0. The predicted molar refractivity (Wildman–Crippen MR) is 154 cm³/mol. The number of hydrogen-bond donors (Lipinski definition) is 0. The molecule has 1 aliphatic heterocycles. The zero-order valence-electron chi connectivity index (χ0n) is 22.7. The van der Waals surface area contributed by atoms with Gasteiger partial charge in [0, 0.05) is 37.8 Å². The molecule has 1 aromatic carbocycles. The standard InChI is InChI=1S/C28H34N8OS/c1-6-9-16-35(17-10-7-2)28-31-23(20-14-12-11-13-15-20)25(38-28)30-22-19(4)21(18-29)26(37)36-24(22)32-27(33-36)34(5)8-3/h11-15H,6-10,16-17H2,1-5H3/b30-22-. The van der Waals surface area contributed by atoms with Crippen LogP contribution in [0.3, 0.4) is 0 Å². The van der Waals surface area contributed by atoms with Gasteiger partial charge in [0.05, 0.1) is 0 Å². The topological polar surface area (TPSA) is 103 Å². The zero-order valence-corrected chi connectivity index (χ0v) is 23.5. The third kappa shape index (κ3) is 5.38. The lowest BCUT2D eigenvalue weighted by Crippen LogP contribution is -2.28.